The number of nitrogens with zero attached hydrogens (tertiary/aromatic N) is 1. The van der Waals surface area contributed by atoms with Crippen molar-refractivity contribution in [1.82, 2.24) is 4.98 Å². The first-order chi connectivity index (χ1) is 8.71. The van der Waals surface area contributed by atoms with Crippen molar-refractivity contribution < 1.29 is 4.74 Å². The van der Waals surface area contributed by atoms with Gasteiger partial charge in [-0.1, -0.05) is 0 Å². The lowest BCUT2D eigenvalue weighted by molar-refractivity contribution is -0.169. The smallest absolute Gasteiger partial charge is 0.180 e. The van der Waals surface area contributed by atoms with Crippen LogP contribution in [0.3, 0.4) is 0 Å². The molecule has 1 heterocycles. The van der Waals surface area contributed by atoms with Crippen LogP contribution in [0.1, 0.15) is 44.2 Å². The molecular formula is C14H20N2OS. The first kappa shape index (κ1) is 11.2. The maximum atomic E-state index is 6.33. The standard InChI is InChI=1S/C14H20N2OS/c15-13-16-12(8-18-13)7-17-14-4-9-1-10(5-14)3-11(2-9)6-14/h8-11H,1-7H2,(H2,15,16). The summed E-state index contributed by atoms with van der Waals surface area (Å²) in [7, 11) is 0. The van der Waals surface area contributed by atoms with E-state index >= 15 is 0 Å². The van der Waals surface area contributed by atoms with Crippen molar-refractivity contribution in [2.75, 3.05) is 5.73 Å². The largest absolute Gasteiger partial charge is 0.375 e. The average Bonchev–Trinajstić information content (AvgIpc) is 2.71. The van der Waals surface area contributed by atoms with E-state index in [1.165, 1.54) is 49.9 Å². The Balaban J connectivity index is 1.47. The fourth-order valence-corrected chi connectivity index (χ4v) is 5.37. The zero-order chi connectivity index (χ0) is 12.2. The fraction of sp³-hybridized carbons (Fsp3) is 0.786. The van der Waals surface area contributed by atoms with E-state index in [2.05, 4.69) is 4.98 Å². The number of hydrogen-bond donors (Lipinski definition) is 1. The summed E-state index contributed by atoms with van der Waals surface area (Å²) in [4.78, 5) is 4.30. The number of hydrogen-bond acceptors (Lipinski definition) is 4. The fourth-order valence-electron chi connectivity index (χ4n) is 4.82. The highest BCUT2D eigenvalue weighted by Gasteiger charge is 2.51. The van der Waals surface area contributed by atoms with Gasteiger partial charge in [0.25, 0.3) is 0 Å². The van der Waals surface area contributed by atoms with Crippen LogP contribution < -0.4 is 5.73 Å². The van der Waals surface area contributed by atoms with Crippen LogP contribution in [0.25, 0.3) is 0 Å². The number of thiazole rings is 1. The molecule has 1 aromatic heterocycles. The van der Waals surface area contributed by atoms with Crippen molar-refractivity contribution in [2.45, 2.75) is 50.7 Å². The van der Waals surface area contributed by atoms with Gasteiger partial charge < -0.3 is 10.5 Å². The first-order valence-electron chi connectivity index (χ1n) is 7.05. The molecule has 5 rings (SSSR count). The Hall–Kier alpha value is -0.610. The quantitative estimate of drug-likeness (QED) is 0.912. The number of nitrogens with two attached hydrogens (primary N) is 1. The molecule has 0 unspecified atom stereocenters. The lowest BCUT2D eigenvalue weighted by atomic mass is 9.54. The Morgan fingerprint density at radius 2 is 1.83 bits per heavy atom. The van der Waals surface area contributed by atoms with Gasteiger partial charge in [-0.25, -0.2) is 4.98 Å². The molecule has 4 saturated carbocycles. The molecule has 98 valence electrons. The zero-order valence-corrected chi connectivity index (χ0v) is 11.4. The maximum absolute atomic E-state index is 6.33. The molecule has 0 amide bonds. The van der Waals surface area contributed by atoms with E-state index in [9.17, 15) is 0 Å². The molecule has 4 aliphatic carbocycles. The monoisotopic (exact) mass is 264 g/mol. The number of ether oxygens (including phenoxy) is 1. The predicted molar refractivity (Wildman–Crippen MR) is 72.2 cm³/mol. The molecule has 0 aliphatic heterocycles. The summed E-state index contributed by atoms with van der Waals surface area (Å²) in [6.07, 6.45) is 8.26. The summed E-state index contributed by atoms with van der Waals surface area (Å²) in [6, 6.07) is 0. The summed E-state index contributed by atoms with van der Waals surface area (Å²) >= 11 is 1.51. The van der Waals surface area contributed by atoms with Crippen molar-refractivity contribution in [3.05, 3.63) is 11.1 Å². The first-order valence-corrected chi connectivity index (χ1v) is 7.93. The number of nitrogen functional groups attached to an aromatic ring is 1. The van der Waals surface area contributed by atoms with Gasteiger partial charge >= 0.3 is 0 Å². The number of anilines is 1. The molecular weight excluding hydrogens is 244 g/mol. The minimum Gasteiger partial charge on any atom is -0.375 e. The Morgan fingerprint density at radius 1 is 1.22 bits per heavy atom. The van der Waals surface area contributed by atoms with E-state index in [0.717, 1.165) is 23.4 Å². The minimum absolute atomic E-state index is 0.188. The van der Waals surface area contributed by atoms with E-state index in [1.807, 2.05) is 5.38 Å². The third-order valence-electron chi connectivity index (χ3n) is 5.08. The molecule has 2 N–H and O–H groups in total. The van der Waals surface area contributed by atoms with Crippen LogP contribution in [0.15, 0.2) is 5.38 Å². The molecule has 0 aromatic carbocycles. The Morgan fingerprint density at radius 3 is 2.33 bits per heavy atom. The molecule has 0 saturated heterocycles. The highest BCUT2D eigenvalue weighted by molar-refractivity contribution is 7.13. The highest BCUT2D eigenvalue weighted by atomic mass is 32.1. The van der Waals surface area contributed by atoms with Gasteiger partial charge in [0.1, 0.15) is 0 Å². The van der Waals surface area contributed by atoms with Crippen LogP contribution in [0.2, 0.25) is 0 Å². The zero-order valence-electron chi connectivity index (χ0n) is 10.6. The lowest BCUT2D eigenvalue weighted by Gasteiger charge is -2.56. The van der Waals surface area contributed by atoms with Crippen molar-refractivity contribution in [2.24, 2.45) is 17.8 Å². The minimum atomic E-state index is 0.188. The van der Waals surface area contributed by atoms with Gasteiger partial charge in [0, 0.05) is 5.38 Å². The van der Waals surface area contributed by atoms with Crippen LogP contribution >= 0.6 is 11.3 Å². The molecule has 0 spiro atoms. The van der Waals surface area contributed by atoms with Crippen LogP contribution in [-0.4, -0.2) is 10.6 Å². The van der Waals surface area contributed by atoms with E-state index in [1.54, 1.807) is 0 Å². The predicted octanol–water partition coefficient (Wildman–Crippen LogP) is 3.21. The molecule has 0 radical (unpaired) electrons. The Bertz CT molecular complexity index is 421. The normalized spacial score (nSPS) is 41.4. The van der Waals surface area contributed by atoms with Crippen LogP contribution in [0.5, 0.6) is 0 Å². The molecule has 1 aromatic rings. The van der Waals surface area contributed by atoms with E-state index in [-0.39, 0.29) is 5.60 Å². The summed E-state index contributed by atoms with van der Waals surface area (Å²) in [5, 5.41) is 2.68. The van der Waals surface area contributed by atoms with Gasteiger partial charge in [0.05, 0.1) is 17.9 Å². The summed E-state index contributed by atoms with van der Waals surface area (Å²) in [5.41, 5.74) is 6.86. The SMILES string of the molecule is Nc1nc(COC23CC4CC(CC(C4)C2)C3)cs1. The van der Waals surface area contributed by atoms with Crippen molar-refractivity contribution in [3.63, 3.8) is 0 Å². The average molecular weight is 264 g/mol. The summed E-state index contributed by atoms with van der Waals surface area (Å²) in [6.45, 7) is 0.653. The highest BCUT2D eigenvalue weighted by Crippen LogP contribution is 2.57. The number of aromatic nitrogens is 1. The van der Waals surface area contributed by atoms with E-state index < -0.39 is 0 Å². The van der Waals surface area contributed by atoms with Crippen LogP contribution in [0.4, 0.5) is 5.13 Å². The summed E-state index contributed by atoms with van der Waals surface area (Å²) in [5.74, 6) is 2.82. The van der Waals surface area contributed by atoms with Gasteiger partial charge in [-0.2, -0.15) is 0 Å². The second-order valence-electron chi connectivity index (χ2n) is 6.57. The lowest BCUT2D eigenvalue weighted by Crippen LogP contribution is -2.51. The molecule has 4 aliphatic rings. The van der Waals surface area contributed by atoms with Crippen LogP contribution in [0, 0.1) is 17.8 Å². The van der Waals surface area contributed by atoms with Gasteiger partial charge in [-0.15, -0.1) is 11.3 Å². The molecule has 3 nitrogen and oxygen atoms in total. The van der Waals surface area contributed by atoms with Crippen molar-refractivity contribution in [1.29, 1.82) is 0 Å². The molecule has 4 bridgehead atoms. The molecule has 4 fully saturated rings. The maximum Gasteiger partial charge on any atom is 0.180 e. The number of rotatable bonds is 3. The van der Waals surface area contributed by atoms with Gasteiger partial charge in [-0.3, -0.25) is 0 Å². The van der Waals surface area contributed by atoms with E-state index in [4.69, 9.17) is 10.5 Å². The van der Waals surface area contributed by atoms with Crippen molar-refractivity contribution >= 4 is 16.5 Å². The summed E-state index contributed by atoms with van der Waals surface area (Å²) < 4.78 is 6.33. The Kier molecular flexibility index (Phi) is 2.46. The van der Waals surface area contributed by atoms with Crippen LogP contribution in [-0.2, 0) is 11.3 Å². The second kappa shape index (κ2) is 3.94. The second-order valence-corrected chi connectivity index (χ2v) is 7.46. The molecule has 4 heteroatoms. The van der Waals surface area contributed by atoms with Gasteiger partial charge in [0.15, 0.2) is 5.13 Å². The van der Waals surface area contributed by atoms with Gasteiger partial charge in [0.2, 0.25) is 0 Å². The molecule has 18 heavy (non-hydrogen) atoms. The van der Waals surface area contributed by atoms with E-state index in [0.29, 0.717) is 11.7 Å². The molecule has 0 atom stereocenters. The third kappa shape index (κ3) is 1.86. The Labute approximate surface area is 112 Å². The topological polar surface area (TPSA) is 48.1 Å². The van der Waals surface area contributed by atoms with Gasteiger partial charge in [-0.05, 0) is 56.3 Å². The third-order valence-corrected chi connectivity index (χ3v) is 5.80. The van der Waals surface area contributed by atoms with Crippen molar-refractivity contribution in [3.8, 4) is 0 Å².